The van der Waals surface area contributed by atoms with Crippen LogP contribution in [-0.4, -0.2) is 4.98 Å². The van der Waals surface area contributed by atoms with Gasteiger partial charge in [0.25, 0.3) is 0 Å². The first-order chi connectivity index (χ1) is 10.3. The maximum atomic E-state index is 11.5. The van der Waals surface area contributed by atoms with E-state index >= 15 is 0 Å². The molecule has 0 saturated carbocycles. The molecule has 0 atom stereocenters. The van der Waals surface area contributed by atoms with E-state index in [9.17, 15) is 4.57 Å². The molecule has 3 rings (SSSR count). The van der Waals surface area contributed by atoms with Crippen molar-refractivity contribution in [3.05, 3.63) is 85.2 Å². The molecule has 1 heterocycles. The van der Waals surface area contributed by atoms with Gasteiger partial charge in [-0.05, 0) is 36.4 Å². The van der Waals surface area contributed by atoms with Crippen molar-refractivity contribution in [2.75, 3.05) is 0 Å². The number of hydrogen-bond acceptors (Lipinski definition) is 3. The lowest BCUT2D eigenvalue weighted by molar-refractivity contribution is 0.415. The predicted octanol–water partition coefficient (Wildman–Crippen LogP) is 4.55. The lowest BCUT2D eigenvalue weighted by Gasteiger charge is -2.07. The third-order valence-corrected chi connectivity index (χ3v) is 3.19. The van der Waals surface area contributed by atoms with Gasteiger partial charge >= 0.3 is 8.25 Å². The highest BCUT2D eigenvalue weighted by Gasteiger charge is 2.02. The summed E-state index contributed by atoms with van der Waals surface area (Å²) in [5.41, 5.74) is 0. The highest BCUT2D eigenvalue weighted by molar-refractivity contribution is 7.34. The summed E-state index contributed by atoms with van der Waals surface area (Å²) in [6, 6.07) is 21.8. The first-order valence-electron chi connectivity index (χ1n) is 6.42. The lowest BCUT2D eigenvalue weighted by Crippen LogP contribution is -1.87. The molecule has 0 unspecified atom stereocenters. The number of hydrogen-bond donors (Lipinski definition) is 1. The number of aromatic amines is 1. The van der Waals surface area contributed by atoms with Crippen molar-refractivity contribution in [2.24, 2.45) is 0 Å². The Morgan fingerprint density at radius 2 is 1.10 bits per heavy atom. The van der Waals surface area contributed by atoms with Gasteiger partial charge in [-0.25, -0.2) is 4.57 Å². The quantitative estimate of drug-likeness (QED) is 0.719. The molecule has 0 saturated heterocycles. The highest BCUT2D eigenvalue weighted by Crippen LogP contribution is 2.29. The molecule has 0 aliphatic rings. The molecule has 0 bridgehead atoms. The Morgan fingerprint density at radius 1 is 0.667 bits per heavy atom. The van der Waals surface area contributed by atoms with Gasteiger partial charge in [-0.2, -0.15) is 0 Å². The number of H-pyrrole nitrogens is 1. The van der Waals surface area contributed by atoms with Crippen molar-refractivity contribution < 1.29 is 13.6 Å². The fraction of sp³-hybridized carbons (Fsp3) is 0. The fourth-order valence-electron chi connectivity index (χ4n) is 1.47. The van der Waals surface area contributed by atoms with Crippen molar-refractivity contribution >= 4 is 8.25 Å². The molecule has 0 spiro atoms. The summed E-state index contributed by atoms with van der Waals surface area (Å²) < 4.78 is 21.8. The summed E-state index contributed by atoms with van der Waals surface area (Å²) in [5, 5.41) is 0. The summed E-state index contributed by atoms with van der Waals surface area (Å²) in [6.45, 7) is 0. The minimum Gasteiger partial charge on any atom is -0.418 e. The molecule has 1 N–H and O–H groups in total. The second-order valence-corrected chi connectivity index (χ2v) is 4.87. The molecule has 21 heavy (non-hydrogen) atoms. The Hall–Kier alpha value is -2.45. The normalized spacial score (nSPS) is 9.57. The first kappa shape index (κ1) is 14.9. The van der Waals surface area contributed by atoms with Crippen LogP contribution in [0.1, 0.15) is 0 Å². The van der Waals surface area contributed by atoms with Crippen LogP contribution in [0.15, 0.2) is 85.2 Å². The van der Waals surface area contributed by atoms with Crippen LogP contribution >= 0.6 is 8.25 Å². The van der Waals surface area contributed by atoms with E-state index in [2.05, 4.69) is 4.98 Å². The predicted molar refractivity (Wildman–Crippen MR) is 83.9 cm³/mol. The summed E-state index contributed by atoms with van der Waals surface area (Å²) >= 11 is 0. The second-order valence-electron chi connectivity index (χ2n) is 3.97. The zero-order valence-corrected chi connectivity index (χ0v) is 12.3. The van der Waals surface area contributed by atoms with Crippen LogP contribution in [0, 0.1) is 0 Å². The van der Waals surface area contributed by atoms with Crippen LogP contribution in [0.5, 0.6) is 11.5 Å². The number of nitrogens with one attached hydrogen (secondary N) is 1. The Kier molecular flexibility index (Phi) is 6.17. The molecule has 108 valence electrons. The van der Waals surface area contributed by atoms with Crippen molar-refractivity contribution in [1.29, 1.82) is 0 Å². The van der Waals surface area contributed by atoms with Crippen LogP contribution in [0.2, 0.25) is 0 Å². The lowest BCUT2D eigenvalue weighted by atomic mass is 10.3. The van der Waals surface area contributed by atoms with Crippen LogP contribution in [-0.2, 0) is 4.57 Å². The van der Waals surface area contributed by atoms with E-state index in [0.29, 0.717) is 11.5 Å². The molecule has 0 aliphatic carbocycles. The van der Waals surface area contributed by atoms with Crippen LogP contribution in [0.3, 0.4) is 0 Å². The summed E-state index contributed by atoms with van der Waals surface area (Å²) in [7, 11) is -2.54. The maximum absolute atomic E-state index is 11.5. The monoisotopic (exact) mass is 301 g/mol. The van der Waals surface area contributed by atoms with Crippen molar-refractivity contribution in [3.63, 3.8) is 0 Å². The van der Waals surface area contributed by atoms with Crippen LogP contribution in [0.4, 0.5) is 0 Å². The Balaban J connectivity index is 0.000000272. The largest absolute Gasteiger partial charge is 0.418 e. The maximum Gasteiger partial charge on any atom is 0.418 e. The van der Waals surface area contributed by atoms with E-state index in [-0.39, 0.29) is 0 Å². The van der Waals surface area contributed by atoms with E-state index in [4.69, 9.17) is 9.05 Å². The SMILES string of the molecule is O=[PH](Oc1ccccc1)Oc1ccccc1.c1cc[nH]c1. The second kappa shape index (κ2) is 8.67. The van der Waals surface area contributed by atoms with Crippen molar-refractivity contribution in [2.45, 2.75) is 0 Å². The van der Waals surface area contributed by atoms with Gasteiger partial charge in [0.1, 0.15) is 11.5 Å². The zero-order chi connectivity index (χ0) is 14.8. The Bertz CT molecular complexity index is 566. The minimum absolute atomic E-state index is 0.544. The van der Waals surface area contributed by atoms with E-state index < -0.39 is 8.25 Å². The third kappa shape index (κ3) is 6.02. The Labute approximate surface area is 124 Å². The molecule has 0 aliphatic heterocycles. The number of benzene rings is 2. The average Bonchev–Trinajstić information content (AvgIpc) is 3.09. The average molecular weight is 301 g/mol. The summed E-state index contributed by atoms with van der Waals surface area (Å²) in [4.78, 5) is 2.86. The molecular formula is C16H16NO3P. The van der Waals surface area contributed by atoms with Gasteiger partial charge in [-0.1, -0.05) is 36.4 Å². The molecule has 2 aromatic carbocycles. The third-order valence-electron chi connectivity index (χ3n) is 2.38. The summed E-state index contributed by atoms with van der Waals surface area (Å²) in [6.07, 6.45) is 3.75. The smallest absolute Gasteiger partial charge is 0.418 e. The minimum atomic E-state index is -2.54. The van der Waals surface area contributed by atoms with Crippen molar-refractivity contribution in [1.82, 2.24) is 4.98 Å². The molecule has 5 heteroatoms. The number of rotatable bonds is 4. The first-order valence-corrected chi connectivity index (χ1v) is 7.64. The molecule has 0 fully saturated rings. The number of para-hydroxylation sites is 2. The van der Waals surface area contributed by atoms with Gasteiger partial charge in [-0.15, -0.1) is 0 Å². The Morgan fingerprint density at radius 3 is 1.43 bits per heavy atom. The van der Waals surface area contributed by atoms with E-state index in [0.717, 1.165) is 0 Å². The summed E-state index contributed by atoms with van der Waals surface area (Å²) in [5.74, 6) is 1.09. The molecule has 4 nitrogen and oxygen atoms in total. The topological polar surface area (TPSA) is 51.3 Å². The highest BCUT2D eigenvalue weighted by atomic mass is 31.1. The van der Waals surface area contributed by atoms with Crippen LogP contribution in [0.25, 0.3) is 0 Å². The molecule has 0 radical (unpaired) electrons. The molecule has 3 aromatic rings. The molecule has 1 aromatic heterocycles. The number of aromatic nitrogens is 1. The van der Waals surface area contributed by atoms with Crippen LogP contribution < -0.4 is 9.05 Å². The van der Waals surface area contributed by atoms with Gasteiger partial charge < -0.3 is 14.0 Å². The standard InChI is InChI=1S/C12H11O3P.C4H5N/c13-16(14-11-7-3-1-4-8-11)15-12-9-5-2-6-10-12;1-2-4-5-3-1/h1-10,16H;1-5H. The van der Waals surface area contributed by atoms with Gasteiger partial charge in [0.2, 0.25) is 0 Å². The van der Waals surface area contributed by atoms with E-state index in [1.807, 2.05) is 60.9 Å². The van der Waals surface area contributed by atoms with E-state index in [1.54, 1.807) is 24.3 Å². The van der Waals surface area contributed by atoms with Gasteiger partial charge in [0.15, 0.2) is 0 Å². The van der Waals surface area contributed by atoms with Gasteiger partial charge in [-0.3, -0.25) is 0 Å². The van der Waals surface area contributed by atoms with Gasteiger partial charge in [0.05, 0.1) is 0 Å². The molecular weight excluding hydrogens is 285 g/mol. The molecule has 0 amide bonds. The van der Waals surface area contributed by atoms with Gasteiger partial charge in [0, 0.05) is 12.4 Å². The van der Waals surface area contributed by atoms with Crippen molar-refractivity contribution in [3.8, 4) is 11.5 Å². The fourth-order valence-corrected chi connectivity index (χ4v) is 2.17. The zero-order valence-electron chi connectivity index (χ0n) is 11.3. The van der Waals surface area contributed by atoms with E-state index in [1.165, 1.54) is 0 Å².